The number of benzene rings is 1. The van der Waals surface area contributed by atoms with Gasteiger partial charge in [0.15, 0.2) is 5.96 Å². The summed E-state index contributed by atoms with van der Waals surface area (Å²) in [6.45, 7) is 5.96. The van der Waals surface area contributed by atoms with E-state index in [4.69, 9.17) is 14.2 Å². The number of guanidine groups is 1. The third-order valence-electron chi connectivity index (χ3n) is 4.82. The van der Waals surface area contributed by atoms with Crippen LogP contribution in [0.2, 0.25) is 0 Å². The highest BCUT2D eigenvalue weighted by molar-refractivity contribution is 14.0. The fraction of sp³-hybridized carbons (Fsp3) is 0.650. The Bertz CT molecular complexity index is 629. The third-order valence-corrected chi connectivity index (χ3v) is 4.82. The molecular formula is C20H31FIN3O4. The molecule has 0 aliphatic carbocycles. The number of aliphatic imine (C=N–C) groups is 1. The molecule has 29 heavy (non-hydrogen) atoms. The van der Waals surface area contributed by atoms with E-state index in [1.807, 2.05) is 6.92 Å². The van der Waals surface area contributed by atoms with Gasteiger partial charge in [-0.05, 0) is 44.0 Å². The summed E-state index contributed by atoms with van der Waals surface area (Å²) in [5.74, 6) is 0.957. The maximum atomic E-state index is 12.9. The number of aliphatic hydroxyl groups is 1. The van der Waals surface area contributed by atoms with Crippen LogP contribution in [0.5, 0.6) is 5.75 Å². The second-order valence-corrected chi connectivity index (χ2v) is 7.02. The summed E-state index contributed by atoms with van der Waals surface area (Å²) >= 11 is 0. The van der Waals surface area contributed by atoms with Gasteiger partial charge in [0, 0.05) is 26.2 Å². The molecule has 0 radical (unpaired) electrons. The minimum Gasteiger partial charge on any atom is -0.491 e. The molecule has 2 aliphatic rings. The molecule has 2 fully saturated rings. The summed E-state index contributed by atoms with van der Waals surface area (Å²) in [4.78, 5) is 6.73. The Morgan fingerprint density at radius 1 is 1.31 bits per heavy atom. The summed E-state index contributed by atoms with van der Waals surface area (Å²) in [6.07, 6.45) is 1.56. The zero-order valence-electron chi connectivity index (χ0n) is 16.8. The van der Waals surface area contributed by atoms with Crippen molar-refractivity contribution >= 4 is 29.9 Å². The Morgan fingerprint density at radius 2 is 2.07 bits per heavy atom. The SMILES string of the molecule is CCNC(=NCC(O)COc1ccc(F)cc1)N1CCOC(C2CCCO2)C1.I. The lowest BCUT2D eigenvalue weighted by Crippen LogP contribution is -2.53. The van der Waals surface area contributed by atoms with E-state index in [2.05, 4.69) is 15.2 Å². The van der Waals surface area contributed by atoms with Gasteiger partial charge < -0.3 is 29.5 Å². The molecule has 0 aromatic heterocycles. The van der Waals surface area contributed by atoms with E-state index < -0.39 is 6.10 Å². The summed E-state index contributed by atoms with van der Waals surface area (Å²) < 4.78 is 30.1. The van der Waals surface area contributed by atoms with E-state index in [1.165, 1.54) is 24.3 Å². The molecule has 3 unspecified atom stereocenters. The Kier molecular flexibility index (Phi) is 10.4. The lowest BCUT2D eigenvalue weighted by Gasteiger charge is -2.37. The van der Waals surface area contributed by atoms with Gasteiger partial charge in [-0.3, -0.25) is 4.99 Å². The molecule has 0 amide bonds. The first-order valence-electron chi connectivity index (χ1n) is 9.98. The number of aliphatic hydroxyl groups excluding tert-OH is 1. The van der Waals surface area contributed by atoms with Crippen molar-refractivity contribution in [2.24, 2.45) is 4.99 Å². The zero-order chi connectivity index (χ0) is 19.8. The molecule has 1 aromatic carbocycles. The van der Waals surface area contributed by atoms with Gasteiger partial charge in [-0.1, -0.05) is 0 Å². The lowest BCUT2D eigenvalue weighted by atomic mass is 10.1. The minimum absolute atomic E-state index is 0. The number of hydrogen-bond donors (Lipinski definition) is 2. The highest BCUT2D eigenvalue weighted by Crippen LogP contribution is 2.21. The van der Waals surface area contributed by atoms with Crippen molar-refractivity contribution in [2.75, 3.05) is 46.0 Å². The molecule has 9 heteroatoms. The van der Waals surface area contributed by atoms with Gasteiger partial charge in [-0.25, -0.2) is 4.39 Å². The van der Waals surface area contributed by atoms with Crippen molar-refractivity contribution in [3.63, 3.8) is 0 Å². The molecule has 2 saturated heterocycles. The first-order chi connectivity index (χ1) is 13.7. The van der Waals surface area contributed by atoms with E-state index in [0.717, 1.165) is 45.0 Å². The first-order valence-corrected chi connectivity index (χ1v) is 9.98. The van der Waals surface area contributed by atoms with Gasteiger partial charge in [0.2, 0.25) is 0 Å². The van der Waals surface area contributed by atoms with Gasteiger partial charge in [-0.15, -0.1) is 24.0 Å². The molecule has 7 nitrogen and oxygen atoms in total. The number of nitrogens with zero attached hydrogens (tertiary/aromatic N) is 2. The van der Waals surface area contributed by atoms with Gasteiger partial charge >= 0.3 is 0 Å². The van der Waals surface area contributed by atoms with Crippen LogP contribution in [0.3, 0.4) is 0 Å². The molecule has 2 aliphatic heterocycles. The molecule has 3 rings (SSSR count). The van der Waals surface area contributed by atoms with Gasteiger partial charge in [-0.2, -0.15) is 0 Å². The second kappa shape index (κ2) is 12.5. The number of halogens is 2. The van der Waals surface area contributed by atoms with E-state index in [0.29, 0.717) is 12.4 Å². The summed E-state index contributed by atoms with van der Waals surface area (Å²) in [6, 6.07) is 5.72. The Morgan fingerprint density at radius 3 is 2.76 bits per heavy atom. The molecule has 0 bridgehead atoms. The van der Waals surface area contributed by atoms with Crippen molar-refractivity contribution in [2.45, 2.75) is 38.1 Å². The number of morpholine rings is 1. The number of nitrogens with one attached hydrogen (secondary N) is 1. The van der Waals surface area contributed by atoms with E-state index in [1.54, 1.807) is 0 Å². The van der Waals surface area contributed by atoms with Crippen LogP contribution in [0.25, 0.3) is 0 Å². The average molecular weight is 523 g/mol. The van der Waals surface area contributed by atoms with Crippen molar-refractivity contribution < 1.29 is 23.7 Å². The zero-order valence-corrected chi connectivity index (χ0v) is 19.1. The van der Waals surface area contributed by atoms with Crippen LogP contribution in [0.1, 0.15) is 19.8 Å². The maximum Gasteiger partial charge on any atom is 0.194 e. The fourth-order valence-electron chi connectivity index (χ4n) is 3.38. The maximum absolute atomic E-state index is 12.9. The smallest absolute Gasteiger partial charge is 0.194 e. The topological polar surface area (TPSA) is 75.6 Å². The van der Waals surface area contributed by atoms with E-state index >= 15 is 0 Å². The van der Waals surface area contributed by atoms with E-state index in [-0.39, 0.29) is 55.2 Å². The van der Waals surface area contributed by atoms with Crippen molar-refractivity contribution in [1.82, 2.24) is 10.2 Å². The third kappa shape index (κ3) is 7.54. The predicted molar refractivity (Wildman–Crippen MR) is 120 cm³/mol. The van der Waals surface area contributed by atoms with Crippen LogP contribution in [0.15, 0.2) is 29.3 Å². The molecule has 0 spiro atoms. The number of hydrogen-bond acceptors (Lipinski definition) is 5. The van der Waals surface area contributed by atoms with Crippen LogP contribution in [-0.4, -0.2) is 80.3 Å². The molecule has 1 aromatic rings. The largest absolute Gasteiger partial charge is 0.491 e. The summed E-state index contributed by atoms with van der Waals surface area (Å²) in [5, 5.41) is 13.5. The van der Waals surface area contributed by atoms with Crippen molar-refractivity contribution in [3.8, 4) is 5.75 Å². The molecule has 2 N–H and O–H groups in total. The molecule has 0 saturated carbocycles. The van der Waals surface area contributed by atoms with E-state index in [9.17, 15) is 9.50 Å². The highest BCUT2D eigenvalue weighted by Gasteiger charge is 2.32. The summed E-state index contributed by atoms with van der Waals surface area (Å²) in [7, 11) is 0. The first kappa shape index (κ1) is 24.1. The number of rotatable bonds is 7. The Hall–Kier alpha value is -1.17. The fourth-order valence-corrected chi connectivity index (χ4v) is 3.38. The highest BCUT2D eigenvalue weighted by atomic mass is 127. The Labute approximate surface area is 188 Å². The Balaban J connectivity index is 0.00000300. The van der Waals surface area contributed by atoms with Gasteiger partial charge in [0.25, 0.3) is 0 Å². The monoisotopic (exact) mass is 523 g/mol. The average Bonchev–Trinajstić information content (AvgIpc) is 3.26. The van der Waals surface area contributed by atoms with Crippen molar-refractivity contribution in [1.29, 1.82) is 0 Å². The molecular weight excluding hydrogens is 492 g/mol. The lowest BCUT2D eigenvalue weighted by molar-refractivity contribution is -0.0817. The second-order valence-electron chi connectivity index (χ2n) is 7.02. The standard InChI is InChI=1S/C20H30FN3O4.HI/c1-2-22-20(24-9-11-27-19(13-24)18-4-3-10-26-18)23-12-16(25)14-28-17-7-5-15(21)6-8-17;/h5-8,16,18-19,25H,2-4,9-14H2,1H3,(H,22,23);1H. The van der Waals surface area contributed by atoms with Crippen LogP contribution >= 0.6 is 24.0 Å². The molecule has 164 valence electrons. The quantitative estimate of drug-likeness (QED) is 0.324. The van der Waals surface area contributed by atoms with Crippen molar-refractivity contribution in [3.05, 3.63) is 30.1 Å². The van der Waals surface area contributed by atoms with Crippen LogP contribution in [-0.2, 0) is 9.47 Å². The van der Waals surface area contributed by atoms with Gasteiger partial charge in [0.05, 0.1) is 19.3 Å². The van der Waals surface area contributed by atoms with Crippen LogP contribution in [0, 0.1) is 5.82 Å². The minimum atomic E-state index is -0.756. The van der Waals surface area contributed by atoms with Crippen LogP contribution in [0.4, 0.5) is 4.39 Å². The predicted octanol–water partition coefficient (Wildman–Crippen LogP) is 2.03. The normalized spacial score (nSPS) is 23.4. The van der Waals surface area contributed by atoms with Gasteiger partial charge in [0.1, 0.15) is 30.4 Å². The van der Waals surface area contributed by atoms with Crippen LogP contribution < -0.4 is 10.1 Å². The molecule has 2 heterocycles. The number of ether oxygens (including phenoxy) is 3. The summed E-state index contributed by atoms with van der Waals surface area (Å²) in [5.41, 5.74) is 0. The molecule has 3 atom stereocenters.